The van der Waals surface area contributed by atoms with Crippen LogP contribution in [-0.2, 0) is 67.5 Å². The summed E-state index contributed by atoms with van der Waals surface area (Å²) >= 11 is 0. The predicted molar refractivity (Wildman–Crippen MR) is 269 cm³/mol. The van der Waals surface area contributed by atoms with Gasteiger partial charge in [-0.1, -0.05) is 24.3 Å². The van der Waals surface area contributed by atoms with Gasteiger partial charge in [0.2, 0.25) is 0 Å². The summed E-state index contributed by atoms with van der Waals surface area (Å²) in [6.07, 6.45) is 6.28. The summed E-state index contributed by atoms with van der Waals surface area (Å²) < 4.78 is 133. The third-order valence-electron chi connectivity index (χ3n) is 12.7. The highest BCUT2D eigenvalue weighted by atomic mass is 19.2. The van der Waals surface area contributed by atoms with E-state index in [0.29, 0.717) is 24.3 Å². The molecule has 0 aliphatic heterocycles. The lowest BCUT2D eigenvalue weighted by Gasteiger charge is -2.34. The standard InChI is InChI=1S/2C14H17F2N3O3.2C12H13F2N3O2/c2*1-10(22-9-21-2)14(20,6-19-8-17-7-18-19)12-4-3-11(15)5-13(12)16;2*1-8(18)12(19,5-17-7-15-6-16-17)10-3-2-9(13)4-11(10)14/h2*3-5,7-8,10,20H,6,9H2,1-2H3;2*2-4,6-8,18-19H,5H2,1H3/t10-,14+;10-,14-;8-,12+;8-,12-/m1111/s1. The molecule has 0 saturated heterocycles. The maximum atomic E-state index is 14.1. The second-order valence-corrected chi connectivity index (χ2v) is 18.3. The van der Waals surface area contributed by atoms with Crippen molar-refractivity contribution in [3.8, 4) is 0 Å². The fourth-order valence-electron chi connectivity index (χ4n) is 7.97. The van der Waals surface area contributed by atoms with Gasteiger partial charge in [-0.15, -0.1) is 0 Å². The molecule has 444 valence electrons. The number of rotatable bonds is 22. The van der Waals surface area contributed by atoms with E-state index in [-0.39, 0.29) is 62.0 Å². The van der Waals surface area contributed by atoms with Gasteiger partial charge in [0.1, 0.15) is 133 Å². The zero-order valence-electron chi connectivity index (χ0n) is 44.8. The van der Waals surface area contributed by atoms with Crippen molar-refractivity contribution >= 4 is 0 Å². The first-order valence-corrected chi connectivity index (χ1v) is 24.4. The molecule has 0 aliphatic carbocycles. The molecule has 0 unspecified atom stereocenters. The first kappa shape index (κ1) is 65.3. The Morgan fingerprint density at radius 1 is 0.402 bits per heavy atom. The molecule has 0 saturated carbocycles. The molecule has 82 heavy (non-hydrogen) atoms. The fourth-order valence-corrected chi connectivity index (χ4v) is 7.97. The zero-order valence-corrected chi connectivity index (χ0v) is 44.8. The van der Waals surface area contributed by atoms with Crippen molar-refractivity contribution in [2.24, 2.45) is 0 Å². The number of aliphatic hydroxyl groups is 6. The monoisotopic (exact) mass is 1160 g/mol. The summed E-state index contributed by atoms with van der Waals surface area (Å²) in [5, 5.41) is 77.9. The molecule has 4 aromatic heterocycles. The van der Waals surface area contributed by atoms with Crippen molar-refractivity contribution in [1.29, 1.82) is 0 Å². The SMILES string of the molecule is COCO[C@H](C)[C@@](O)(Cn1cncn1)c1ccc(F)cc1F.COCO[C@H](C)[C@](O)(Cn1cncn1)c1ccc(F)cc1F.C[C@@H](O)[C@@](O)(Cn1cncn1)c1ccc(F)cc1F.C[C@@H](O)[C@](O)(Cn1cncn1)c1ccc(F)cc1F. The molecule has 0 aliphatic rings. The van der Waals surface area contributed by atoms with Gasteiger partial charge in [0.05, 0.1) is 50.6 Å². The minimum absolute atomic E-state index is 0.0797. The van der Waals surface area contributed by atoms with Crippen molar-refractivity contribution < 1.29 is 84.7 Å². The molecule has 8 aromatic rings. The smallest absolute Gasteiger partial charge is 0.146 e. The summed E-state index contributed by atoms with van der Waals surface area (Å²) in [6, 6.07) is 11.5. The summed E-state index contributed by atoms with van der Waals surface area (Å²) in [5.74, 6) is -6.55. The van der Waals surface area contributed by atoms with Crippen LogP contribution in [0.4, 0.5) is 35.1 Å². The summed E-state index contributed by atoms with van der Waals surface area (Å²) in [5.41, 5.74) is -7.97. The third-order valence-corrected chi connectivity index (χ3v) is 12.7. The van der Waals surface area contributed by atoms with Gasteiger partial charge in [-0.05, 0) is 52.0 Å². The predicted octanol–water partition coefficient (Wildman–Crippen LogP) is 4.56. The molecule has 0 bridgehead atoms. The maximum absolute atomic E-state index is 14.1. The van der Waals surface area contributed by atoms with E-state index < -0.39 is 93.4 Å². The number of ether oxygens (including phenoxy) is 4. The molecule has 0 radical (unpaired) electrons. The highest BCUT2D eigenvalue weighted by Gasteiger charge is 2.43. The molecule has 8 atom stereocenters. The van der Waals surface area contributed by atoms with Crippen LogP contribution in [0.2, 0.25) is 0 Å². The molecule has 4 heterocycles. The van der Waals surface area contributed by atoms with Gasteiger partial charge in [-0.3, -0.25) is 0 Å². The average Bonchev–Trinajstić information content (AvgIpc) is 4.07. The van der Waals surface area contributed by atoms with Crippen LogP contribution in [0.1, 0.15) is 49.9 Å². The second-order valence-electron chi connectivity index (χ2n) is 18.3. The Bertz CT molecular complexity index is 2970. The number of benzene rings is 4. The second kappa shape index (κ2) is 29.5. The summed E-state index contributed by atoms with van der Waals surface area (Å²) in [4.78, 5) is 15.0. The van der Waals surface area contributed by atoms with Gasteiger partial charge < -0.3 is 49.6 Å². The topological polar surface area (TPSA) is 281 Å². The van der Waals surface area contributed by atoms with Gasteiger partial charge in [-0.25, -0.2) is 73.8 Å². The van der Waals surface area contributed by atoms with Crippen LogP contribution >= 0.6 is 0 Å². The number of hydrogen-bond donors (Lipinski definition) is 6. The van der Waals surface area contributed by atoms with Crippen LogP contribution < -0.4 is 0 Å². The van der Waals surface area contributed by atoms with Crippen molar-refractivity contribution in [3.63, 3.8) is 0 Å². The minimum atomic E-state index is -1.93. The minimum Gasteiger partial charge on any atom is -0.390 e. The van der Waals surface area contributed by atoms with Crippen molar-refractivity contribution in [3.05, 3.63) is 192 Å². The van der Waals surface area contributed by atoms with Gasteiger partial charge in [-0.2, -0.15) is 20.4 Å². The Kier molecular flexibility index (Phi) is 23.5. The van der Waals surface area contributed by atoms with Crippen molar-refractivity contribution in [1.82, 2.24) is 59.1 Å². The average molecular weight is 1170 g/mol. The van der Waals surface area contributed by atoms with E-state index in [1.807, 2.05) is 0 Å². The van der Waals surface area contributed by atoms with Crippen molar-refractivity contribution in [2.45, 2.75) is 101 Å². The van der Waals surface area contributed by atoms with Crippen molar-refractivity contribution in [2.75, 3.05) is 27.8 Å². The molecular weight excluding hydrogens is 1100 g/mol. The first-order chi connectivity index (χ1) is 38.8. The van der Waals surface area contributed by atoms with Gasteiger partial charge in [0, 0.05) is 60.7 Å². The number of nitrogens with zero attached hydrogens (tertiary/aromatic N) is 12. The number of methoxy groups -OCH3 is 2. The zero-order chi connectivity index (χ0) is 60.4. The Morgan fingerprint density at radius 2 is 0.634 bits per heavy atom. The van der Waals surface area contributed by atoms with E-state index in [0.717, 1.165) is 36.4 Å². The summed E-state index contributed by atoms with van der Waals surface area (Å²) in [6.45, 7) is 4.99. The van der Waals surface area contributed by atoms with E-state index in [1.165, 1.54) is 110 Å². The van der Waals surface area contributed by atoms with E-state index in [4.69, 9.17) is 18.9 Å². The highest BCUT2D eigenvalue weighted by molar-refractivity contribution is 5.29. The quantitative estimate of drug-likeness (QED) is 0.0401. The van der Waals surface area contributed by atoms with E-state index in [1.54, 1.807) is 13.8 Å². The Hall–Kier alpha value is -7.52. The van der Waals surface area contributed by atoms with Gasteiger partial charge in [0.15, 0.2) is 0 Å². The van der Waals surface area contributed by atoms with Gasteiger partial charge in [0.25, 0.3) is 0 Å². The molecule has 0 fully saturated rings. The summed E-state index contributed by atoms with van der Waals surface area (Å²) in [7, 11) is 2.86. The fraction of sp³-hybridized carbons (Fsp3) is 0.385. The molecule has 6 N–H and O–H groups in total. The van der Waals surface area contributed by atoms with E-state index >= 15 is 0 Å². The Labute approximate surface area is 463 Å². The van der Waals surface area contributed by atoms with Crippen LogP contribution in [0.3, 0.4) is 0 Å². The van der Waals surface area contributed by atoms with Crippen LogP contribution in [0.15, 0.2) is 123 Å². The molecule has 4 aromatic carbocycles. The van der Waals surface area contributed by atoms with Crippen LogP contribution in [-0.4, -0.2) is 142 Å². The number of halogens is 8. The normalized spacial score (nSPS) is 15.8. The lowest BCUT2D eigenvalue weighted by Crippen LogP contribution is -2.44. The number of hydrogen-bond acceptors (Lipinski definition) is 18. The number of aromatic nitrogens is 12. The van der Waals surface area contributed by atoms with E-state index in [9.17, 15) is 65.8 Å². The Balaban J connectivity index is 0.000000201. The highest BCUT2D eigenvalue weighted by Crippen LogP contribution is 2.35. The molecule has 0 spiro atoms. The largest absolute Gasteiger partial charge is 0.390 e. The Morgan fingerprint density at radius 3 is 0.829 bits per heavy atom. The van der Waals surface area contributed by atoms with Gasteiger partial charge >= 0.3 is 0 Å². The van der Waals surface area contributed by atoms with E-state index in [2.05, 4.69) is 40.3 Å². The van der Waals surface area contributed by atoms with Crippen LogP contribution in [0.5, 0.6) is 0 Å². The third kappa shape index (κ3) is 16.8. The number of aliphatic hydroxyl groups excluding tert-OH is 2. The molecule has 0 amide bonds. The molecule has 22 nitrogen and oxygen atoms in total. The lowest BCUT2D eigenvalue weighted by molar-refractivity contribution is -0.160. The molecule has 30 heteroatoms. The maximum Gasteiger partial charge on any atom is 0.146 e. The van der Waals surface area contributed by atoms with Crippen LogP contribution in [0, 0.1) is 46.5 Å². The first-order valence-electron chi connectivity index (χ1n) is 24.4. The lowest BCUT2D eigenvalue weighted by atomic mass is 9.88. The molecular formula is C52H60F8N12O10. The van der Waals surface area contributed by atoms with Crippen LogP contribution in [0.25, 0.3) is 0 Å². The molecule has 8 rings (SSSR count).